The van der Waals surface area contributed by atoms with E-state index in [1.807, 2.05) is 6.92 Å². The molecule has 0 aliphatic heterocycles. The Labute approximate surface area is 188 Å². The summed E-state index contributed by atoms with van der Waals surface area (Å²) in [7, 11) is 1.19. The molecule has 10 nitrogen and oxygen atoms in total. The van der Waals surface area contributed by atoms with Crippen LogP contribution in [-0.2, 0) is 23.9 Å². The maximum Gasteiger partial charge on any atom is 0.408 e. The highest BCUT2D eigenvalue weighted by Gasteiger charge is 2.33. The van der Waals surface area contributed by atoms with Crippen molar-refractivity contribution in [3.8, 4) is 5.75 Å². The third kappa shape index (κ3) is 8.09. The number of ether oxygens (including phenoxy) is 2. The lowest BCUT2D eigenvalue weighted by Crippen LogP contribution is -2.48. The number of carbonyl (C=O) groups excluding carboxylic acids is 4. The molecule has 1 unspecified atom stereocenters. The van der Waals surface area contributed by atoms with Crippen LogP contribution in [-0.4, -0.2) is 66.2 Å². The molecule has 0 saturated carbocycles. The first-order chi connectivity index (χ1) is 14.9. The third-order valence-electron chi connectivity index (χ3n) is 4.33. The van der Waals surface area contributed by atoms with Crippen molar-refractivity contribution in [2.45, 2.75) is 52.7 Å². The molecule has 1 rings (SSSR count). The van der Waals surface area contributed by atoms with Gasteiger partial charge in [0.05, 0.1) is 7.11 Å². The van der Waals surface area contributed by atoms with Gasteiger partial charge in [-0.25, -0.2) is 4.79 Å². The van der Waals surface area contributed by atoms with Gasteiger partial charge in [-0.05, 0) is 39.7 Å². The zero-order valence-electron chi connectivity index (χ0n) is 19.5. The van der Waals surface area contributed by atoms with Crippen LogP contribution in [0.2, 0.25) is 0 Å². The highest BCUT2D eigenvalue weighted by atomic mass is 16.6. The maximum absolute atomic E-state index is 13.0. The molecule has 1 aromatic rings. The summed E-state index contributed by atoms with van der Waals surface area (Å²) in [4.78, 5) is 50.7. The minimum absolute atomic E-state index is 0.139. The molecule has 0 fully saturated rings. The molecule has 178 valence electrons. The molecule has 3 amide bonds. The first kappa shape index (κ1) is 26.7. The number of nitrogens with zero attached hydrogens (tertiary/aromatic N) is 1. The first-order valence-electron chi connectivity index (χ1n) is 10.3. The van der Waals surface area contributed by atoms with Crippen molar-refractivity contribution in [1.29, 1.82) is 0 Å². The van der Waals surface area contributed by atoms with Crippen LogP contribution in [0.1, 0.15) is 51.3 Å². The summed E-state index contributed by atoms with van der Waals surface area (Å²) in [6.07, 6.45) is -0.265. The fraction of sp³-hybridized carbons (Fsp3) is 0.545. The fourth-order valence-corrected chi connectivity index (χ4v) is 2.88. The van der Waals surface area contributed by atoms with Gasteiger partial charge in [-0.2, -0.15) is 0 Å². The average molecular weight is 452 g/mol. The smallest absolute Gasteiger partial charge is 0.408 e. The number of aromatic hydroxyl groups is 1. The van der Waals surface area contributed by atoms with Crippen LogP contribution in [0.25, 0.3) is 0 Å². The monoisotopic (exact) mass is 451 g/mol. The van der Waals surface area contributed by atoms with E-state index in [0.717, 1.165) is 0 Å². The molecule has 0 aliphatic rings. The van der Waals surface area contributed by atoms with Gasteiger partial charge in [0.15, 0.2) is 0 Å². The van der Waals surface area contributed by atoms with Crippen molar-refractivity contribution in [1.82, 2.24) is 15.5 Å². The van der Waals surface area contributed by atoms with Crippen molar-refractivity contribution in [2.24, 2.45) is 0 Å². The molecule has 1 aromatic carbocycles. The normalized spacial score (nSPS) is 11.8. The SMILES string of the molecule is CCCN(C(=O)CNC(=O)OC(C)(C)C)C(C(=O)NCC(=O)OC)c1cccc(C)c1O. The van der Waals surface area contributed by atoms with E-state index >= 15 is 0 Å². The van der Waals surface area contributed by atoms with Crippen molar-refractivity contribution < 1.29 is 33.8 Å². The van der Waals surface area contributed by atoms with Gasteiger partial charge in [0, 0.05) is 12.1 Å². The number of phenolic OH excluding ortho intramolecular Hbond substituents is 1. The number of esters is 1. The first-order valence-corrected chi connectivity index (χ1v) is 10.3. The minimum Gasteiger partial charge on any atom is -0.507 e. The number of para-hydroxylation sites is 1. The predicted molar refractivity (Wildman–Crippen MR) is 117 cm³/mol. The molecule has 32 heavy (non-hydrogen) atoms. The van der Waals surface area contributed by atoms with Gasteiger partial charge >= 0.3 is 12.1 Å². The zero-order valence-corrected chi connectivity index (χ0v) is 19.5. The number of phenols is 1. The van der Waals surface area contributed by atoms with Gasteiger partial charge in [-0.3, -0.25) is 14.4 Å². The molecule has 0 spiro atoms. The minimum atomic E-state index is -1.23. The highest BCUT2D eigenvalue weighted by molar-refractivity contribution is 5.92. The molecule has 0 bridgehead atoms. The molecule has 1 atom stereocenters. The summed E-state index contributed by atoms with van der Waals surface area (Å²) in [6.45, 7) is 7.92. The molecular formula is C22H33N3O7. The number of amides is 3. The summed E-state index contributed by atoms with van der Waals surface area (Å²) in [5, 5.41) is 15.4. The van der Waals surface area contributed by atoms with Crippen LogP contribution in [0.5, 0.6) is 5.75 Å². The number of rotatable bonds is 9. The van der Waals surface area contributed by atoms with Crippen LogP contribution < -0.4 is 10.6 Å². The number of carbonyl (C=O) groups is 4. The van der Waals surface area contributed by atoms with E-state index in [2.05, 4.69) is 15.4 Å². The fourth-order valence-electron chi connectivity index (χ4n) is 2.88. The van der Waals surface area contributed by atoms with Crippen molar-refractivity contribution >= 4 is 23.9 Å². The number of hydrogen-bond acceptors (Lipinski definition) is 7. The Morgan fingerprint density at radius 3 is 2.34 bits per heavy atom. The standard InChI is InChI=1S/C22H33N3O7/c1-7-11-25(16(26)12-24-21(30)32-22(3,4)5)18(20(29)23-13-17(27)31-6)15-10-8-9-14(2)19(15)28/h8-10,18,28H,7,11-13H2,1-6H3,(H,23,29)(H,24,30). The topological polar surface area (TPSA) is 134 Å². The second-order valence-electron chi connectivity index (χ2n) is 8.15. The number of benzene rings is 1. The van der Waals surface area contributed by atoms with Crippen molar-refractivity contribution in [3.05, 3.63) is 29.3 Å². The van der Waals surface area contributed by atoms with E-state index in [0.29, 0.717) is 12.0 Å². The molecule has 10 heteroatoms. The number of nitrogens with one attached hydrogen (secondary N) is 2. The van der Waals surface area contributed by atoms with E-state index in [1.54, 1.807) is 39.8 Å². The Morgan fingerprint density at radius 1 is 1.12 bits per heavy atom. The number of alkyl carbamates (subject to hydrolysis) is 1. The highest BCUT2D eigenvalue weighted by Crippen LogP contribution is 2.32. The van der Waals surface area contributed by atoms with Gasteiger partial charge in [0.25, 0.3) is 0 Å². The average Bonchev–Trinajstić information content (AvgIpc) is 2.71. The second kappa shape index (κ2) is 11.9. The number of aryl methyl sites for hydroxylation is 1. The van der Waals surface area contributed by atoms with E-state index in [4.69, 9.17) is 4.74 Å². The van der Waals surface area contributed by atoms with Gasteiger partial charge in [0.1, 0.15) is 30.5 Å². The Kier molecular flexibility index (Phi) is 9.96. The second-order valence-corrected chi connectivity index (χ2v) is 8.15. The largest absolute Gasteiger partial charge is 0.507 e. The molecular weight excluding hydrogens is 418 g/mol. The van der Waals surface area contributed by atoms with Crippen LogP contribution in [0.4, 0.5) is 4.79 Å². The van der Waals surface area contributed by atoms with Gasteiger partial charge in [0.2, 0.25) is 11.8 Å². The summed E-state index contributed by atoms with van der Waals surface area (Å²) >= 11 is 0. The maximum atomic E-state index is 13.0. The molecule has 0 aromatic heterocycles. The van der Waals surface area contributed by atoms with E-state index < -0.39 is 48.6 Å². The summed E-state index contributed by atoms with van der Waals surface area (Å²) in [6, 6.07) is 3.62. The summed E-state index contributed by atoms with van der Waals surface area (Å²) in [5.41, 5.74) is -0.0182. The van der Waals surface area contributed by atoms with Gasteiger partial charge < -0.3 is 30.1 Å². The van der Waals surface area contributed by atoms with E-state index in [-0.39, 0.29) is 17.9 Å². The third-order valence-corrected chi connectivity index (χ3v) is 4.33. The lowest BCUT2D eigenvalue weighted by Gasteiger charge is -2.32. The van der Waals surface area contributed by atoms with Crippen LogP contribution in [0, 0.1) is 6.92 Å². The van der Waals surface area contributed by atoms with E-state index in [1.165, 1.54) is 18.1 Å². The molecule has 0 aliphatic carbocycles. The van der Waals surface area contributed by atoms with Crippen molar-refractivity contribution in [3.63, 3.8) is 0 Å². The van der Waals surface area contributed by atoms with Crippen LogP contribution >= 0.6 is 0 Å². The lowest BCUT2D eigenvalue weighted by molar-refractivity contribution is -0.143. The molecule has 0 radical (unpaired) electrons. The van der Waals surface area contributed by atoms with Gasteiger partial charge in [-0.1, -0.05) is 25.1 Å². The Hall–Kier alpha value is -3.30. The Bertz CT molecular complexity index is 833. The van der Waals surface area contributed by atoms with Crippen LogP contribution in [0.15, 0.2) is 18.2 Å². The molecule has 0 saturated heterocycles. The van der Waals surface area contributed by atoms with Gasteiger partial charge in [-0.15, -0.1) is 0 Å². The van der Waals surface area contributed by atoms with Crippen molar-refractivity contribution in [2.75, 3.05) is 26.7 Å². The summed E-state index contributed by atoms with van der Waals surface area (Å²) < 4.78 is 9.69. The Balaban J connectivity index is 3.21. The summed E-state index contributed by atoms with van der Waals surface area (Å²) in [5.74, 6) is -2.03. The zero-order chi connectivity index (χ0) is 24.5. The quantitative estimate of drug-likeness (QED) is 0.487. The number of methoxy groups -OCH3 is 1. The Morgan fingerprint density at radius 2 is 1.78 bits per heavy atom. The number of hydrogen-bond donors (Lipinski definition) is 3. The lowest BCUT2D eigenvalue weighted by atomic mass is 9.99. The molecule has 3 N–H and O–H groups in total. The van der Waals surface area contributed by atoms with E-state index in [9.17, 15) is 24.3 Å². The predicted octanol–water partition coefficient (Wildman–Crippen LogP) is 1.79. The molecule has 0 heterocycles. The van der Waals surface area contributed by atoms with Crippen LogP contribution in [0.3, 0.4) is 0 Å².